The SMILES string of the molecule is CCOC(=O)c1ccc(N(Cc2ccncc2)C(=O)c2ccc(Br)o2)cc1. The monoisotopic (exact) mass is 428 g/mol. The average molecular weight is 429 g/mol. The van der Waals surface area contributed by atoms with Gasteiger partial charge in [0.1, 0.15) is 0 Å². The van der Waals surface area contributed by atoms with Gasteiger partial charge in [0.2, 0.25) is 0 Å². The van der Waals surface area contributed by atoms with Crippen LogP contribution in [0.15, 0.2) is 70.0 Å². The zero-order valence-corrected chi connectivity index (χ0v) is 16.2. The van der Waals surface area contributed by atoms with Crippen LogP contribution in [0.3, 0.4) is 0 Å². The summed E-state index contributed by atoms with van der Waals surface area (Å²) in [6.45, 7) is 2.39. The predicted molar refractivity (Wildman–Crippen MR) is 104 cm³/mol. The molecule has 0 spiro atoms. The molecule has 27 heavy (non-hydrogen) atoms. The molecule has 6 nitrogen and oxygen atoms in total. The fourth-order valence-electron chi connectivity index (χ4n) is 2.51. The first-order valence-corrected chi connectivity index (χ1v) is 9.11. The summed E-state index contributed by atoms with van der Waals surface area (Å²) in [6.07, 6.45) is 3.34. The van der Waals surface area contributed by atoms with Crippen LogP contribution >= 0.6 is 15.9 Å². The minimum Gasteiger partial charge on any atom is -0.462 e. The molecule has 0 saturated heterocycles. The van der Waals surface area contributed by atoms with Gasteiger partial charge >= 0.3 is 5.97 Å². The molecule has 1 amide bonds. The van der Waals surface area contributed by atoms with E-state index in [0.29, 0.717) is 29.1 Å². The Bertz CT molecular complexity index is 923. The van der Waals surface area contributed by atoms with Gasteiger partial charge in [0.05, 0.1) is 18.7 Å². The second-order valence-corrected chi connectivity index (χ2v) is 6.40. The van der Waals surface area contributed by atoms with Crippen molar-refractivity contribution in [3.63, 3.8) is 0 Å². The molecule has 0 bridgehead atoms. The predicted octanol–water partition coefficient (Wildman–Crippen LogP) is 4.46. The smallest absolute Gasteiger partial charge is 0.338 e. The molecule has 0 aliphatic carbocycles. The van der Waals surface area contributed by atoms with Crippen molar-refractivity contribution >= 4 is 33.5 Å². The number of carbonyl (C=O) groups is 2. The maximum Gasteiger partial charge on any atom is 0.338 e. The van der Waals surface area contributed by atoms with Crippen LogP contribution in [0.5, 0.6) is 0 Å². The molecule has 1 aromatic carbocycles. The second-order valence-electron chi connectivity index (χ2n) is 5.62. The number of rotatable bonds is 6. The number of benzene rings is 1. The number of hydrogen-bond donors (Lipinski definition) is 0. The van der Waals surface area contributed by atoms with Gasteiger partial charge in [0, 0.05) is 18.1 Å². The quantitative estimate of drug-likeness (QED) is 0.541. The molecular weight excluding hydrogens is 412 g/mol. The fraction of sp³-hybridized carbons (Fsp3) is 0.150. The number of carbonyl (C=O) groups excluding carboxylic acids is 2. The summed E-state index contributed by atoms with van der Waals surface area (Å²) in [5.74, 6) is -0.474. The summed E-state index contributed by atoms with van der Waals surface area (Å²) in [4.78, 5) is 30.4. The van der Waals surface area contributed by atoms with Crippen LogP contribution < -0.4 is 4.90 Å². The van der Waals surface area contributed by atoms with Gasteiger partial charge < -0.3 is 14.1 Å². The van der Waals surface area contributed by atoms with Crippen molar-refractivity contribution in [3.05, 3.63) is 82.5 Å². The van der Waals surface area contributed by atoms with Crippen molar-refractivity contribution in [1.29, 1.82) is 0 Å². The van der Waals surface area contributed by atoms with Crippen molar-refractivity contribution in [3.8, 4) is 0 Å². The lowest BCUT2D eigenvalue weighted by Crippen LogP contribution is -2.30. The van der Waals surface area contributed by atoms with E-state index >= 15 is 0 Å². The average Bonchev–Trinajstić information content (AvgIpc) is 3.13. The standard InChI is InChI=1S/C20H17BrN2O4/c1-2-26-20(25)15-3-5-16(6-4-15)23(13-14-9-11-22-12-10-14)19(24)17-7-8-18(21)27-17/h3-12H,2,13H2,1H3. The Morgan fingerprint density at radius 3 is 2.37 bits per heavy atom. The summed E-state index contributed by atoms with van der Waals surface area (Å²) < 4.78 is 10.9. The van der Waals surface area contributed by atoms with E-state index in [4.69, 9.17) is 9.15 Å². The number of halogens is 1. The van der Waals surface area contributed by atoms with Crippen molar-refractivity contribution in [2.24, 2.45) is 0 Å². The number of aromatic nitrogens is 1. The Labute approximate surface area is 164 Å². The third-order valence-corrected chi connectivity index (χ3v) is 4.24. The van der Waals surface area contributed by atoms with Gasteiger partial charge in [0.15, 0.2) is 10.4 Å². The molecule has 0 fully saturated rings. The van der Waals surface area contributed by atoms with Gasteiger partial charge in [-0.05, 0) is 76.9 Å². The topological polar surface area (TPSA) is 72.6 Å². The summed E-state index contributed by atoms with van der Waals surface area (Å²) in [5, 5.41) is 0. The summed E-state index contributed by atoms with van der Waals surface area (Å²) in [6, 6.07) is 13.7. The van der Waals surface area contributed by atoms with E-state index in [1.807, 2.05) is 12.1 Å². The first kappa shape index (κ1) is 18.8. The molecule has 0 radical (unpaired) electrons. The van der Waals surface area contributed by atoms with Gasteiger partial charge in [-0.1, -0.05) is 0 Å². The van der Waals surface area contributed by atoms with Crippen LogP contribution in [-0.4, -0.2) is 23.5 Å². The summed E-state index contributed by atoms with van der Waals surface area (Å²) in [7, 11) is 0. The molecule has 0 unspecified atom stereocenters. The van der Waals surface area contributed by atoms with E-state index in [1.165, 1.54) is 0 Å². The van der Waals surface area contributed by atoms with Crippen LogP contribution in [0.25, 0.3) is 0 Å². The largest absolute Gasteiger partial charge is 0.462 e. The number of pyridine rings is 1. The molecule has 3 aromatic rings. The molecule has 2 heterocycles. The number of amides is 1. The highest BCUT2D eigenvalue weighted by Gasteiger charge is 2.21. The molecule has 7 heteroatoms. The minimum atomic E-state index is -0.397. The summed E-state index contributed by atoms with van der Waals surface area (Å²) in [5.41, 5.74) is 1.98. The van der Waals surface area contributed by atoms with Crippen molar-refractivity contribution in [2.45, 2.75) is 13.5 Å². The number of furan rings is 1. The number of ether oxygens (including phenoxy) is 1. The zero-order chi connectivity index (χ0) is 19.2. The normalized spacial score (nSPS) is 10.4. The molecule has 3 rings (SSSR count). The van der Waals surface area contributed by atoms with E-state index in [1.54, 1.807) is 60.6 Å². The van der Waals surface area contributed by atoms with E-state index in [2.05, 4.69) is 20.9 Å². The molecule has 0 N–H and O–H groups in total. The molecule has 0 atom stereocenters. The lowest BCUT2D eigenvalue weighted by molar-refractivity contribution is 0.0526. The molecule has 0 saturated carbocycles. The van der Waals surface area contributed by atoms with Gasteiger partial charge in [-0.25, -0.2) is 4.79 Å². The molecule has 138 valence electrons. The van der Waals surface area contributed by atoms with Crippen molar-refractivity contribution in [2.75, 3.05) is 11.5 Å². The van der Waals surface area contributed by atoms with Crippen LogP contribution in [-0.2, 0) is 11.3 Å². The van der Waals surface area contributed by atoms with E-state index in [-0.39, 0.29) is 11.7 Å². The zero-order valence-electron chi connectivity index (χ0n) is 14.6. The minimum absolute atomic E-state index is 0.213. The molecule has 0 aliphatic heterocycles. The van der Waals surface area contributed by atoms with Crippen LogP contribution in [0.2, 0.25) is 0 Å². The molecule has 0 aliphatic rings. The lowest BCUT2D eigenvalue weighted by atomic mass is 10.1. The number of nitrogens with zero attached hydrogens (tertiary/aromatic N) is 2. The summed E-state index contributed by atoms with van der Waals surface area (Å²) >= 11 is 3.22. The van der Waals surface area contributed by atoms with Crippen LogP contribution in [0.1, 0.15) is 33.4 Å². The van der Waals surface area contributed by atoms with Crippen molar-refractivity contribution < 1.29 is 18.7 Å². The highest BCUT2D eigenvalue weighted by atomic mass is 79.9. The van der Waals surface area contributed by atoms with Crippen LogP contribution in [0, 0.1) is 0 Å². The Kier molecular flexibility index (Phi) is 6.03. The highest BCUT2D eigenvalue weighted by molar-refractivity contribution is 9.10. The Hall–Kier alpha value is -2.93. The number of esters is 1. The maximum atomic E-state index is 13.0. The lowest BCUT2D eigenvalue weighted by Gasteiger charge is -2.22. The number of anilines is 1. The molecular formula is C20H17BrN2O4. The van der Waals surface area contributed by atoms with Crippen molar-refractivity contribution in [1.82, 2.24) is 4.98 Å². The molecule has 2 aromatic heterocycles. The first-order valence-electron chi connectivity index (χ1n) is 8.31. The van der Waals surface area contributed by atoms with E-state index in [9.17, 15) is 9.59 Å². The van der Waals surface area contributed by atoms with Crippen LogP contribution in [0.4, 0.5) is 5.69 Å². The van der Waals surface area contributed by atoms with Gasteiger partial charge in [0.25, 0.3) is 5.91 Å². The van der Waals surface area contributed by atoms with Gasteiger partial charge in [-0.15, -0.1) is 0 Å². The Balaban J connectivity index is 1.91. The Morgan fingerprint density at radius 1 is 1.07 bits per heavy atom. The number of hydrogen-bond acceptors (Lipinski definition) is 5. The van der Waals surface area contributed by atoms with E-state index < -0.39 is 5.97 Å². The van der Waals surface area contributed by atoms with Gasteiger partial charge in [-0.3, -0.25) is 9.78 Å². The Morgan fingerprint density at radius 2 is 1.78 bits per heavy atom. The van der Waals surface area contributed by atoms with Gasteiger partial charge in [-0.2, -0.15) is 0 Å². The first-order chi connectivity index (χ1) is 13.1. The van der Waals surface area contributed by atoms with E-state index in [0.717, 1.165) is 5.56 Å². The second kappa shape index (κ2) is 8.64. The third kappa shape index (κ3) is 4.62. The maximum absolute atomic E-state index is 13.0. The third-order valence-electron chi connectivity index (χ3n) is 3.81. The fourth-order valence-corrected chi connectivity index (χ4v) is 2.81. The highest BCUT2D eigenvalue weighted by Crippen LogP contribution is 2.23.